The Balaban J connectivity index is 1.19. The van der Waals surface area contributed by atoms with Gasteiger partial charge in [0.05, 0.1) is 5.69 Å². The van der Waals surface area contributed by atoms with Crippen molar-refractivity contribution in [3.05, 3.63) is 237 Å². The van der Waals surface area contributed by atoms with Crippen molar-refractivity contribution < 1.29 is 0 Å². The van der Waals surface area contributed by atoms with Gasteiger partial charge < -0.3 is 4.90 Å². The van der Waals surface area contributed by atoms with Crippen molar-refractivity contribution in [1.29, 1.82) is 0 Å². The van der Waals surface area contributed by atoms with E-state index >= 15 is 0 Å². The van der Waals surface area contributed by atoms with Crippen LogP contribution in [-0.2, 0) is 0 Å². The standard InChI is InChI=1S/C54H39N/c1-5-18-40(19-6-1)45-26-17-27-48(38-45)55(54-37-34-46(41-20-7-2-8-21-41)39-53(54)43-24-11-4-12-25-43)47-35-32-44(33-36-47)50-29-14-16-31-52(50)51-30-15-13-28-49(51)42-22-9-3-10-23-42/h1-39H. The van der Waals surface area contributed by atoms with Gasteiger partial charge in [-0.1, -0.05) is 200 Å². The largest absolute Gasteiger partial charge is 0.310 e. The fraction of sp³-hybridized carbons (Fsp3) is 0. The summed E-state index contributed by atoms with van der Waals surface area (Å²) < 4.78 is 0. The molecule has 1 heteroatoms. The Morgan fingerprint density at radius 1 is 0.200 bits per heavy atom. The first-order valence-corrected chi connectivity index (χ1v) is 18.8. The highest BCUT2D eigenvalue weighted by atomic mass is 15.1. The van der Waals surface area contributed by atoms with E-state index in [-0.39, 0.29) is 0 Å². The van der Waals surface area contributed by atoms with E-state index < -0.39 is 0 Å². The van der Waals surface area contributed by atoms with Crippen LogP contribution in [0.15, 0.2) is 237 Å². The van der Waals surface area contributed by atoms with Crippen LogP contribution in [0.2, 0.25) is 0 Å². The molecule has 9 aromatic rings. The van der Waals surface area contributed by atoms with Gasteiger partial charge in [-0.3, -0.25) is 0 Å². The van der Waals surface area contributed by atoms with Crippen molar-refractivity contribution in [3.8, 4) is 66.8 Å². The van der Waals surface area contributed by atoms with Crippen molar-refractivity contribution in [1.82, 2.24) is 0 Å². The predicted octanol–water partition coefficient (Wildman–Crippen LogP) is 15.2. The van der Waals surface area contributed by atoms with Gasteiger partial charge in [0, 0.05) is 16.9 Å². The SMILES string of the molecule is c1ccc(-c2cccc(N(c3ccc(-c4ccccc4-c4ccccc4-c4ccccc4)cc3)c3ccc(-c4ccccc4)cc3-c3ccccc3)c2)cc1. The average Bonchev–Trinajstić information content (AvgIpc) is 3.28. The normalized spacial score (nSPS) is 10.9. The number of rotatable bonds is 9. The van der Waals surface area contributed by atoms with Gasteiger partial charge in [0.25, 0.3) is 0 Å². The molecule has 260 valence electrons. The second-order valence-corrected chi connectivity index (χ2v) is 13.7. The summed E-state index contributed by atoms with van der Waals surface area (Å²) in [4.78, 5) is 2.41. The zero-order chi connectivity index (χ0) is 36.8. The van der Waals surface area contributed by atoms with E-state index in [1.165, 1.54) is 66.8 Å². The second-order valence-electron chi connectivity index (χ2n) is 13.7. The van der Waals surface area contributed by atoms with Crippen molar-refractivity contribution in [2.45, 2.75) is 0 Å². The van der Waals surface area contributed by atoms with E-state index in [4.69, 9.17) is 0 Å². The molecule has 0 atom stereocenters. The van der Waals surface area contributed by atoms with Gasteiger partial charge in [-0.25, -0.2) is 0 Å². The molecule has 0 unspecified atom stereocenters. The summed E-state index contributed by atoms with van der Waals surface area (Å²) in [5.41, 5.74) is 17.6. The Bertz CT molecular complexity index is 2670. The molecule has 0 aliphatic heterocycles. The first-order chi connectivity index (χ1) is 27.3. The summed E-state index contributed by atoms with van der Waals surface area (Å²) in [6.07, 6.45) is 0. The van der Waals surface area contributed by atoms with Crippen LogP contribution in [0.25, 0.3) is 66.8 Å². The maximum absolute atomic E-state index is 2.41. The molecule has 0 saturated heterocycles. The minimum atomic E-state index is 1.08. The van der Waals surface area contributed by atoms with Crippen LogP contribution >= 0.6 is 0 Å². The van der Waals surface area contributed by atoms with Crippen LogP contribution < -0.4 is 4.90 Å². The first-order valence-electron chi connectivity index (χ1n) is 18.8. The van der Waals surface area contributed by atoms with Gasteiger partial charge >= 0.3 is 0 Å². The summed E-state index contributed by atoms with van der Waals surface area (Å²) in [5.74, 6) is 0. The van der Waals surface area contributed by atoms with Crippen LogP contribution in [0, 0.1) is 0 Å². The maximum Gasteiger partial charge on any atom is 0.0540 e. The highest BCUT2D eigenvalue weighted by Crippen LogP contribution is 2.45. The van der Waals surface area contributed by atoms with Crippen molar-refractivity contribution >= 4 is 17.1 Å². The monoisotopic (exact) mass is 701 g/mol. The topological polar surface area (TPSA) is 3.24 Å². The molecule has 0 bridgehead atoms. The van der Waals surface area contributed by atoms with E-state index in [0.29, 0.717) is 0 Å². The van der Waals surface area contributed by atoms with E-state index in [0.717, 1.165) is 17.1 Å². The molecule has 0 fully saturated rings. The first kappa shape index (κ1) is 33.6. The molecule has 0 saturated carbocycles. The van der Waals surface area contributed by atoms with E-state index in [2.05, 4.69) is 241 Å². The number of benzene rings is 9. The third kappa shape index (κ3) is 7.00. The average molecular weight is 702 g/mol. The number of anilines is 3. The summed E-state index contributed by atoms with van der Waals surface area (Å²) in [6, 6.07) is 85.0. The van der Waals surface area contributed by atoms with Crippen molar-refractivity contribution in [2.24, 2.45) is 0 Å². The molecule has 9 aromatic carbocycles. The summed E-state index contributed by atoms with van der Waals surface area (Å²) >= 11 is 0. The molecule has 9 rings (SSSR count). The molecule has 0 heterocycles. The third-order valence-corrected chi connectivity index (χ3v) is 10.3. The Morgan fingerprint density at radius 3 is 1.11 bits per heavy atom. The third-order valence-electron chi connectivity index (χ3n) is 10.3. The van der Waals surface area contributed by atoms with Crippen molar-refractivity contribution in [2.75, 3.05) is 4.90 Å². The van der Waals surface area contributed by atoms with E-state index in [1.807, 2.05) is 0 Å². The maximum atomic E-state index is 2.41. The fourth-order valence-electron chi connectivity index (χ4n) is 7.62. The Hall–Kier alpha value is -7.22. The van der Waals surface area contributed by atoms with Gasteiger partial charge in [-0.2, -0.15) is 0 Å². The minimum absolute atomic E-state index is 1.08. The molecule has 0 aliphatic rings. The fourth-order valence-corrected chi connectivity index (χ4v) is 7.62. The molecular formula is C54H39N. The van der Waals surface area contributed by atoms with Crippen LogP contribution in [0.1, 0.15) is 0 Å². The molecule has 0 amide bonds. The lowest BCUT2D eigenvalue weighted by Crippen LogP contribution is -2.11. The quantitative estimate of drug-likeness (QED) is 0.145. The summed E-state index contributed by atoms with van der Waals surface area (Å²) in [5, 5.41) is 0. The van der Waals surface area contributed by atoms with Gasteiger partial charge in [-0.15, -0.1) is 0 Å². The molecule has 0 aliphatic carbocycles. The Morgan fingerprint density at radius 2 is 0.582 bits per heavy atom. The minimum Gasteiger partial charge on any atom is -0.310 e. The van der Waals surface area contributed by atoms with Crippen LogP contribution in [0.4, 0.5) is 17.1 Å². The summed E-state index contributed by atoms with van der Waals surface area (Å²) in [6.45, 7) is 0. The lowest BCUT2D eigenvalue weighted by atomic mass is 9.89. The highest BCUT2D eigenvalue weighted by Gasteiger charge is 2.20. The molecule has 0 N–H and O–H groups in total. The zero-order valence-corrected chi connectivity index (χ0v) is 30.5. The number of nitrogens with zero attached hydrogens (tertiary/aromatic N) is 1. The van der Waals surface area contributed by atoms with E-state index in [9.17, 15) is 0 Å². The van der Waals surface area contributed by atoms with Crippen LogP contribution in [-0.4, -0.2) is 0 Å². The van der Waals surface area contributed by atoms with Crippen LogP contribution in [0.3, 0.4) is 0 Å². The molecule has 1 nitrogen and oxygen atoms in total. The van der Waals surface area contributed by atoms with E-state index in [1.54, 1.807) is 0 Å². The number of hydrogen-bond acceptors (Lipinski definition) is 1. The molecule has 0 aromatic heterocycles. The van der Waals surface area contributed by atoms with Gasteiger partial charge in [-0.05, 0) is 97.6 Å². The Labute approximate surface area is 324 Å². The predicted molar refractivity (Wildman–Crippen MR) is 234 cm³/mol. The van der Waals surface area contributed by atoms with Gasteiger partial charge in [0.2, 0.25) is 0 Å². The molecule has 0 radical (unpaired) electrons. The van der Waals surface area contributed by atoms with Crippen molar-refractivity contribution in [3.63, 3.8) is 0 Å². The van der Waals surface area contributed by atoms with Gasteiger partial charge in [0.1, 0.15) is 0 Å². The number of hydrogen-bond donors (Lipinski definition) is 0. The Kier molecular flexibility index (Phi) is 9.41. The lowest BCUT2D eigenvalue weighted by molar-refractivity contribution is 1.28. The second kappa shape index (κ2) is 15.4. The van der Waals surface area contributed by atoms with Crippen LogP contribution in [0.5, 0.6) is 0 Å². The molecule has 0 spiro atoms. The smallest absolute Gasteiger partial charge is 0.0540 e. The van der Waals surface area contributed by atoms with Gasteiger partial charge in [0.15, 0.2) is 0 Å². The lowest BCUT2D eigenvalue weighted by Gasteiger charge is -2.29. The molecular weight excluding hydrogens is 663 g/mol. The summed E-state index contributed by atoms with van der Waals surface area (Å²) in [7, 11) is 0. The zero-order valence-electron chi connectivity index (χ0n) is 30.5. The highest BCUT2D eigenvalue weighted by molar-refractivity contribution is 5.94. The molecule has 55 heavy (non-hydrogen) atoms.